The van der Waals surface area contributed by atoms with Crippen LogP contribution in [0.25, 0.3) is 39.5 Å². The van der Waals surface area contributed by atoms with E-state index in [-0.39, 0.29) is 83.9 Å². The van der Waals surface area contributed by atoms with E-state index in [2.05, 4.69) is 107 Å². The molecule has 1 saturated carbocycles. The molecular weight excluding hydrogens is 1060 g/mol. The summed E-state index contributed by atoms with van der Waals surface area (Å²) in [6.07, 6.45) is 8.07. The maximum absolute atomic E-state index is 15.3. The van der Waals surface area contributed by atoms with Crippen LogP contribution in [0.2, 0.25) is 0 Å². The number of phenols is 1. The highest BCUT2D eigenvalue weighted by molar-refractivity contribution is 5.94. The number of rotatable bonds is 10. The van der Waals surface area contributed by atoms with Crippen LogP contribution in [0.3, 0.4) is 0 Å². The molecule has 8 aromatic rings. The number of aliphatic imine (C=N–C) groups is 1. The van der Waals surface area contributed by atoms with Crippen molar-refractivity contribution in [3.8, 4) is 57.3 Å². The number of guanidine groups is 1. The van der Waals surface area contributed by atoms with Crippen molar-refractivity contribution >= 4 is 34.5 Å². The number of aliphatic hydroxyl groups excluding tert-OH is 2. The Morgan fingerprint density at radius 3 is 2.49 bits per heavy atom. The highest BCUT2D eigenvalue weighted by atomic mass is 16.5. The van der Waals surface area contributed by atoms with Crippen molar-refractivity contribution in [2.45, 2.75) is 93.7 Å². The SMILES string of the molecule is COc1c2c(c3oc(-c4ccc(O)cc4)cc(=O)c3c1OCCC(O)C=Cc1ccccc1)C1C#CC3NCCN4c5[nH]c(cc5-c5cccc(c5)C1)C(C)Cc1cccc(c1)CC1CCC(C1)(c1ccc(c(N=C(N)N)c1)CC(CO)CO2)C34. The fourth-order valence-corrected chi connectivity index (χ4v) is 14.2. The molecule has 9 N–H and O–H groups in total. The molecule has 6 aliphatic rings. The van der Waals surface area contributed by atoms with Crippen molar-refractivity contribution in [2.24, 2.45) is 28.3 Å². The monoisotopic (exact) mass is 1140 g/mol. The Hall–Kier alpha value is -8.74. The number of benzene rings is 6. The van der Waals surface area contributed by atoms with Gasteiger partial charge in [-0.2, -0.15) is 0 Å². The molecular formula is C71H72N6O8. The second-order valence-corrected chi connectivity index (χ2v) is 23.9. The summed E-state index contributed by atoms with van der Waals surface area (Å²) in [4.78, 5) is 26.9. The van der Waals surface area contributed by atoms with Gasteiger partial charge in [0.25, 0.3) is 0 Å². The fourth-order valence-electron chi connectivity index (χ4n) is 14.2. The number of hydrogen-bond acceptors (Lipinski definition) is 11. The molecule has 434 valence electrons. The minimum Gasteiger partial charge on any atom is -0.508 e. The van der Waals surface area contributed by atoms with E-state index in [9.17, 15) is 15.3 Å². The molecule has 14 heteroatoms. The number of fused-ring (bicyclic) bond motifs is 13. The molecule has 7 heterocycles. The van der Waals surface area contributed by atoms with Gasteiger partial charge in [0.15, 0.2) is 28.5 Å². The number of aromatic amines is 1. The second kappa shape index (κ2) is 23.4. The molecule has 1 spiro atoms. The maximum Gasteiger partial charge on any atom is 0.204 e. The van der Waals surface area contributed by atoms with Crippen LogP contribution in [-0.2, 0) is 31.1 Å². The molecule has 1 aliphatic carbocycles. The van der Waals surface area contributed by atoms with Crippen molar-refractivity contribution < 1.29 is 33.9 Å². The van der Waals surface area contributed by atoms with Crippen LogP contribution < -0.4 is 41.3 Å². The van der Waals surface area contributed by atoms with Crippen LogP contribution in [0, 0.1) is 23.7 Å². The number of aromatic hydroxyl groups is 1. The predicted octanol–water partition coefficient (Wildman–Crippen LogP) is 10.6. The van der Waals surface area contributed by atoms with Gasteiger partial charge in [-0.15, -0.1) is 0 Å². The van der Waals surface area contributed by atoms with Gasteiger partial charge in [0.2, 0.25) is 5.75 Å². The van der Waals surface area contributed by atoms with Crippen molar-refractivity contribution in [3.63, 3.8) is 0 Å². The quantitative estimate of drug-likeness (QED) is 0.0387. The normalized spacial score (nSPS) is 22.7. The predicted molar refractivity (Wildman–Crippen MR) is 334 cm³/mol. The minimum absolute atomic E-state index is 0.0236. The summed E-state index contributed by atoms with van der Waals surface area (Å²) in [5.41, 5.74) is 23.5. The number of nitrogens with zero attached hydrogens (tertiary/aromatic N) is 2. The first kappa shape index (κ1) is 55.4. The number of aromatic nitrogens is 1. The van der Waals surface area contributed by atoms with Crippen LogP contribution in [0.4, 0.5) is 11.5 Å². The molecule has 8 atom stereocenters. The lowest BCUT2D eigenvalue weighted by molar-refractivity contribution is 0.156. The van der Waals surface area contributed by atoms with Gasteiger partial charge >= 0.3 is 0 Å². The average molecular weight is 1140 g/mol. The summed E-state index contributed by atoms with van der Waals surface area (Å²) in [6, 6.07) is 43.8. The fraction of sp³-hybridized carbons (Fsp3) is 0.324. The Kier molecular flexibility index (Phi) is 15.2. The summed E-state index contributed by atoms with van der Waals surface area (Å²) >= 11 is 0. The molecule has 0 radical (unpaired) electrons. The van der Waals surface area contributed by atoms with E-state index in [1.54, 1.807) is 30.3 Å². The first-order valence-electron chi connectivity index (χ1n) is 29.8. The van der Waals surface area contributed by atoms with Gasteiger partial charge in [0.1, 0.15) is 22.7 Å². The van der Waals surface area contributed by atoms with Crippen molar-refractivity contribution in [1.82, 2.24) is 10.3 Å². The van der Waals surface area contributed by atoms with E-state index in [1.807, 2.05) is 36.4 Å². The summed E-state index contributed by atoms with van der Waals surface area (Å²) < 4.78 is 27.5. The molecule has 14 rings (SSSR count). The number of nitrogens with one attached hydrogen (secondary N) is 2. The molecule has 5 aliphatic heterocycles. The van der Waals surface area contributed by atoms with E-state index in [4.69, 9.17) is 35.1 Å². The third-order valence-corrected chi connectivity index (χ3v) is 18.3. The molecule has 1 saturated heterocycles. The number of H-pyrrole nitrogens is 1. The van der Waals surface area contributed by atoms with Crippen LogP contribution in [0.1, 0.15) is 89.1 Å². The number of ether oxygens (including phenoxy) is 3. The lowest BCUT2D eigenvalue weighted by Crippen LogP contribution is -2.65. The van der Waals surface area contributed by atoms with Crippen LogP contribution in [0.15, 0.2) is 154 Å². The van der Waals surface area contributed by atoms with Crippen LogP contribution in [-0.4, -0.2) is 84.5 Å². The Bertz CT molecular complexity index is 3990. The molecule has 85 heavy (non-hydrogen) atoms. The lowest BCUT2D eigenvalue weighted by atomic mass is 9.67. The molecule has 14 nitrogen and oxygen atoms in total. The lowest BCUT2D eigenvalue weighted by Gasteiger charge is -2.51. The van der Waals surface area contributed by atoms with Crippen molar-refractivity contribution in [3.05, 3.63) is 194 Å². The van der Waals surface area contributed by atoms with E-state index >= 15 is 4.79 Å². The van der Waals surface area contributed by atoms with Crippen LogP contribution >= 0.6 is 0 Å². The Morgan fingerprint density at radius 2 is 1.69 bits per heavy atom. The molecule has 2 aromatic heterocycles. The zero-order valence-electron chi connectivity index (χ0n) is 48.0. The van der Waals surface area contributed by atoms with Gasteiger partial charge in [-0.1, -0.05) is 122 Å². The van der Waals surface area contributed by atoms with E-state index in [1.165, 1.54) is 24.3 Å². The third kappa shape index (κ3) is 10.9. The van der Waals surface area contributed by atoms with E-state index in [0.29, 0.717) is 48.7 Å². The Morgan fingerprint density at radius 1 is 0.894 bits per heavy atom. The first-order chi connectivity index (χ1) is 41.4. The number of phenolic OH excluding ortho intramolecular Hbond substituents is 1. The zero-order valence-corrected chi connectivity index (χ0v) is 48.0. The zero-order chi connectivity index (χ0) is 58.3. The van der Waals surface area contributed by atoms with Gasteiger partial charge in [-0.05, 0) is 126 Å². The summed E-state index contributed by atoms with van der Waals surface area (Å²) in [5.74, 6) is 8.90. The van der Waals surface area contributed by atoms with E-state index in [0.717, 1.165) is 77.0 Å². The molecule has 2 fully saturated rings. The standard InChI is InChI=1S/C71H72N6O8/c1-42-30-44-10-6-11-45(31-44)32-47-24-26-71(39-47)53-19-15-51(59(36-53)76-70(72)73)35-48(40-78)41-84-65-62(52-18-23-57-68(71)77(28-27-74-57)69-56(37-58(42)75-69)50-13-7-12-46(33-50)34-52)64-63(60(81)38-61(85-64)49-16-21-54(79)22-17-49)66(67(65)82-2)83-29-25-55(80)20-14-43-8-4-3-5-9-43/h3-17,19-22,31,33,36-38,42,47-48,52,55,57,68,74-75,78-80H,24-30,32,34-35,39-41H2,1-2H3,(H4,72,73,76). The van der Waals surface area contributed by atoms with Gasteiger partial charge in [0, 0.05) is 66.3 Å². The molecule has 6 aromatic carbocycles. The average Bonchev–Trinajstić information content (AvgIpc) is 3.41. The number of hydrogen-bond donors (Lipinski definition) is 7. The first-order valence-corrected chi connectivity index (χ1v) is 29.8. The maximum atomic E-state index is 15.3. The van der Waals surface area contributed by atoms with Gasteiger partial charge in [-0.25, -0.2) is 4.99 Å². The number of methoxy groups -OCH3 is 1. The molecule has 14 bridgehead atoms. The van der Waals surface area contributed by atoms with Crippen molar-refractivity contribution in [2.75, 3.05) is 44.9 Å². The van der Waals surface area contributed by atoms with Gasteiger partial charge in [-0.3, -0.25) is 4.79 Å². The Balaban J connectivity index is 1.08. The number of nitrogens with two attached hydrogens (primary N) is 2. The number of piperazine rings is 1. The van der Waals surface area contributed by atoms with E-state index < -0.39 is 34.8 Å². The largest absolute Gasteiger partial charge is 0.508 e. The molecule has 0 amide bonds. The topological polar surface area (TPSA) is 214 Å². The smallest absolute Gasteiger partial charge is 0.204 e. The third-order valence-electron chi connectivity index (χ3n) is 18.3. The van der Waals surface area contributed by atoms with Gasteiger partial charge < -0.3 is 60.6 Å². The summed E-state index contributed by atoms with van der Waals surface area (Å²) in [7, 11) is 1.52. The van der Waals surface area contributed by atoms with Crippen molar-refractivity contribution in [1.29, 1.82) is 0 Å². The minimum atomic E-state index is -0.893. The Labute approximate surface area is 495 Å². The second-order valence-electron chi connectivity index (χ2n) is 23.9. The highest BCUT2D eigenvalue weighted by Gasteiger charge is 2.53. The highest BCUT2D eigenvalue weighted by Crippen LogP contribution is 2.55. The van der Waals surface area contributed by atoms with Gasteiger partial charge in [0.05, 0.1) is 55.7 Å². The van der Waals surface area contributed by atoms with Crippen LogP contribution in [0.5, 0.6) is 23.0 Å². The summed E-state index contributed by atoms with van der Waals surface area (Å²) in [6.45, 7) is 3.34. The molecule has 8 unspecified atom stereocenters. The number of anilines is 1. The number of aliphatic hydroxyl groups is 2. The summed E-state index contributed by atoms with van der Waals surface area (Å²) in [5, 5.41) is 37.3.